The van der Waals surface area contributed by atoms with Crippen molar-refractivity contribution in [3.05, 3.63) is 83.2 Å². The molecule has 0 saturated carbocycles. The number of benzene rings is 2. The van der Waals surface area contributed by atoms with Crippen LogP contribution in [-0.2, 0) is 14.3 Å². The summed E-state index contributed by atoms with van der Waals surface area (Å²) in [5, 5.41) is 0. The minimum Gasteiger partial charge on any atom is -0.452 e. The van der Waals surface area contributed by atoms with Crippen molar-refractivity contribution in [3.63, 3.8) is 0 Å². The van der Waals surface area contributed by atoms with E-state index >= 15 is 0 Å². The van der Waals surface area contributed by atoms with E-state index in [1.54, 1.807) is 36.6 Å². The van der Waals surface area contributed by atoms with Gasteiger partial charge in [-0.15, -0.1) is 0 Å². The fourth-order valence-corrected chi connectivity index (χ4v) is 3.48. The number of anilines is 1. The third-order valence-corrected chi connectivity index (χ3v) is 5.08. The molecule has 0 radical (unpaired) electrons. The van der Waals surface area contributed by atoms with E-state index in [1.807, 2.05) is 0 Å². The molecule has 2 amide bonds. The van der Waals surface area contributed by atoms with Gasteiger partial charge >= 0.3 is 5.97 Å². The normalized spacial score (nSPS) is 10.7. The minimum atomic E-state index is -0.709. The van der Waals surface area contributed by atoms with Crippen molar-refractivity contribution in [3.8, 4) is 5.69 Å². The predicted octanol–water partition coefficient (Wildman–Crippen LogP) is 3.44. The molecule has 33 heavy (non-hydrogen) atoms. The van der Waals surface area contributed by atoms with Gasteiger partial charge < -0.3 is 19.9 Å². The SMILES string of the molecule is Cc1cc(C(=O)OCC(=O)N(CCC(N)=O)c2ccc(F)cc2)c(C)n1-c1ccc(F)cc1. The molecule has 0 spiro atoms. The standard InChI is InChI=1S/C24H23F2N3O4/c1-15-13-21(16(2)29(15)20-9-5-18(26)6-10-20)24(32)33-14-23(31)28(12-11-22(27)30)19-7-3-17(25)4-8-19/h3-10,13H,11-12,14H2,1-2H3,(H2,27,30). The van der Waals surface area contributed by atoms with Gasteiger partial charge in [-0.3, -0.25) is 9.59 Å². The molecular weight excluding hydrogens is 432 g/mol. The van der Waals surface area contributed by atoms with Crippen LogP contribution in [-0.4, -0.2) is 35.5 Å². The number of aryl methyl sites for hydroxylation is 1. The van der Waals surface area contributed by atoms with Gasteiger partial charge in [-0.25, -0.2) is 13.6 Å². The Kier molecular flexibility index (Phi) is 7.22. The Balaban J connectivity index is 1.75. The van der Waals surface area contributed by atoms with Crippen molar-refractivity contribution >= 4 is 23.5 Å². The van der Waals surface area contributed by atoms with Crippen LogP contribution in [0, 0.1) is 25.5 Å². The van der Waals surface area contributed by atoms with Gasteiger partial charge in [-0.2, -0.15) is 0 Å². The highest BCUT2D eigenvalue weighted by atomic mass is 19.1. The van der Waals surface area contributed by atoms with Crippen LogP contribution in [0.3, 0.4) is 0 Å². The van der Waals surface area contributed by atoms with Crippen LogP contribution in [0.2, 0.25) is 0 Å². The largest absolute Gasteiger partial charge is 0.452 e. The molecule has 0 saturated heterocycles. The Morgan fingerprint density at radius 1 is 0.970 bits per heavy atom. The van der Waals surface area contributed by atoms with Gasteiger partial charge in [0.2, 0.25) is 5.91 Å². The molecule has 1 heterocycles. The quantitative estimate of drug-likeness (QED) is 0.527. The molecule has 7 nitrogen and oxygen atoms in total. The number of hydrogen-bond donors (Lipinski definition) is 1. The number of primary amides is 1. The number of carbonyl (C=O) groups is 3. The smallest absolute Gasteiger partial charge is 0.340 e. The number of rotatable bonds is 8. The maximum atomic E-state index is 13.3. The molecule has 0 aliphatic heterocycles. The van der Waals surface area contributed by atoms with E-state index in [0.717, 1.165) is 5.69 Å². The van der Waals surface area contributed by atoms with Crippen molar-refractivity contribution in [1.82, 2.24) is 4.57 Å². The lowest BCUT2D eigenvalue weighted by molar-refractivity contribution is -0.121. The molecular formula is C24H23F2N3O4. The van der Waals surface area contributed by atoms with Crippen molar-refractivity contribution in [1.29, 1.82) is 0 Å². The Morgan fingerprint density at radius 3 is 2.12 bits per heavy atom. The molecule has 0 atom stereocenters. The highest BCUT2D eigenvalue weighted by Crippen LogP contribution is 2.22. The van der Waals surface area contributed by atoms with Crippen LogP contribution >= 0.6 is 0 Å². The van der Waals surface area contributed by atoms with Crippen LogP contribution in [0.1, 0.15) is 28.2 Å². The fourth-order valence-electron chi connectivity index (χ4n) is 3.48. The first-order valence-electron chi connectivity index (χ1n) is 10.1. The predicted molar refractivity (Wildman–Crippen MR) is 118 cm³/mol. The number of hydrogen-bond acceptors (Lipinski definition) is 4. The Hall–Kier alpha value is -4.01. The minimum absolute atomic E-state index is 0.0452. The average molecular weight is 455 g/mol. The van der Waals surface area contributed by atoms with Gasteiger partial charge in [0.15, 0.2) is 6.61 Å². The summed E-state index contributed by atoms with van der Waals surface area (Å²) in [6, 6.07) is 12.6. The Morgan fingerprint density at radius 2 is 1.55 bits per heavy atom. The summed E-state index contributed by atoms with van der Waals surface area (Å²) >= 11 is 0. The van der Waals surface area contributed by atoms with Crippen molar-refractivity contribution < 1.29 is 27.9 Å². The fraction of sp³-hybridized carbons (Fsp3) is 0.208. The molecule has 0 fully saturated rings. The van der Waals surface area contributed by atoms with E-state index in [1.165, 1.54) is 41.3 Å². The molecule has 0 unspecified atom stereocenters. The first-order valence-corrected chi connectivity index (χ1v) is 10.1. The summed E-state index contributed by atoms with van der Waals surface area (Å²) in [5.74, 6) is -2.77. The monoisotopic (exact) mass is 455 g/mol. The number of aromatic nitrogens is 1. The second kappa shape index (κ2) is 10.1. The number of carbonyl (C=O) groups excluding carboxylic acids is 3. The number of nitrogens with two attached hydrogens (primary N) is 1. The summed E-state index contributed by atoms with van der Waals surface area (Å²) in [7, 11) is 0. The molecule has 3 rings (SSSR count). The maximum Gasteiger partial charge on any atom is 0.340 e. The number of esters is 1. The van der Waals surface area contributed by atoms with Gasteiger partial charge in [0, 0.05) is 35.7 Å². The van der Waals surface area contributed by atoms with Crippen molar-refractivity contribution in [2.24, 2.45) is 5.73 Å². The third kappa shape index (κ3) is 5.62. The summed E-state index contributed by atoms with van der Waals surface area (Å²) in [4.78, 5) is 37.8. The second-order valence-electron chi connectivity index (χ2n) is 7.41. The van der Waals surface area contributed by atoms with E-state index in [-0.39, 0.29) is 24.3 Å². The van der Waals surface area contributed by atoms with Gasteiger partial charge in [0.25, 0.3) is 5.91 Å². The first-order chi connectivity index (χ1) is 15.7. The van der Waals surface area contributed by atoms with Gasteiger partial charge in [-0.05, 0) is 68.4 Å². The second-order valence-corrected chi connectivity index (χ2v) is 7.41. The summed E-state index contributed by atoms with van der Waals surface area (Å²) < 4.78 is 33.5. The molecule has 1 aromatic heterocycles. The van der Waals surface area contributed by atoms with E-state index in [0.29, 0.717) is 17.1 Å². The number of nitrogens with zero attached hydrogens (tertiary/aromatic N) is 2. The summed E-state index contributed by atoms with van der Waals surface area (Å²) in [6.45, 7) is 2.87. The molecule has 0 bridgehead atoms. The van der Waals surface area contributed by atoms with Gasteiger partial charge in [0.1, 0.15) is 11.6 Å². The molecule has 0 aliphatic carbocycles. The van der Waals surface area contributed by atoms with Crippen LogP contribution in [0.4, 0.5) is 14.5 Å². The van der Waals surface area contributed by atoms with E-state index < -0.39 is 30.2 Å². The number of halogens is 2. The van der Waals surface area contributed by atoms with Gasteiger partial charge in [-0.1, -0.05) is 0 Å². The Bertz CT molecular complexity index is 1170. The lowest BCUT2D eigenvalue weighted by Gasteiger charge is -2.22. The molecule has 0 aliphatic rings. The molecule has 2 N–H and O–H groups in total. The van der Waals surface area contributed by atoms with Crippen LogP contribution in [0.15, 0.2) is 54.6 Å². The Labute approximate surface area is 189 Å². The highest BCUT2D eigenvalue weighted by Gasteiger charge is 2.22. The summed E-state index contributed by atoms with van der Waals surface area (Å²) in [6.07, 6.45) is -0.115. The van der Waals surface area contributed by atoms with Crippen molar-refractivity contribution in [2.45, 2.75) is 20.3 Å². The zero-order valence-electron chi connectivity index (χ0n) is 18.2. The molecule has 9 heteroatoms. The topological polar surface area (TPSA) is 94.6 Å². The highest BCUT2D eigenvalue weighted by molar-refractivity contribution is 5.98. The zero-order valence-corrected chi connectivity index (χ0v) is 18.2. The molecule has 3 aromatic rings. The average Bonchev–Trinajstić information content (AvgIpc) is 3.08. The van der Waals surface area contributed by atoms with Crippen LogP contribution < -0.4 is 10.6 Å². The lowest BCUT2D eigenvalue weighted by atomic mass is 10.2. The van der Waals surface area contributed by atoms with Crippen LogP contribution in [0.5, 0.6) is 0 Å². The van der Waals surface area contributed by atoms with E-state index in [4.69, 9.17) is 10.5 Å². The van der Waals surface area contributed by atoms with E-state index in [2.05, 4.69) is 0 Å². The third-order valence-electron chi connectivity index (χ3n) is 5.08. The summed E-state index contributed by atoms with van der Waals surface area (Å²) in [5.41, 5.74) is 7.76. The van der Waals surface area contributed by atoms with E-state index in [9.17, 15) is 23.2 Å². The number of ether oxygens (including phenoxy) is 1. The zero-order chi connectivity index (χ0) is 24.1. The maximum absolute atomic E-state index is 13.3. The first kappa shape index (κ1) is 23.6. The lowest BCUT2D eigenvalue weighted by Crippen LogP contribution is -2.37. The van der Waals surface area contributed by atoms with Crippen molar-refractivity contribution in [2.75, 3.05) is 18.1 Å². The molecule has 2 aromatic carbocycles. The number of amides is 2. The molecule has 172 valence electrons. The van der Waals surface area contributed by atoms with Gasteiger partial charge in [0.05, 0.1) is 5.56 Å². The van der Waals surface area contributed by atoms with Crippen LogP contribution in [0.25, 0.3) is 5.69 Å².